The predicted molar refractivity (Wildman–Crippen MR) is 126 cm³/mol. The number of rotatable bonds is 10. The van der Waals surface area contributed by atoms with Crippen LogP contribution in [-0.2, 0) is 16.1 Å². The Morgan fingerprint density at radius 1 is 1.10 bits per heavy atom. The highest BCUT2D eigenvalue weighted by Crippen LogP contribution is 2.26. The third-order valence-corrected chi connectivity index (χ3v) is 5.65. The molecule has 7 heteroatoms. The second-order valence-electron chi connectivity index (χ2n) is 7.65. The first-order valence-corrected chi connectivity index (χ1v) is 11.2. The lowest BCUT2D eigenvalue weighted by molar-refractivity contribution is -0.142. The normalized spacial score (nSPS) is 11.7. The fraction of sp³-hybridized carbons (Fsp3) is 0.417. The summed E-state index contributed by atoms with van der Waals surface area (Å²) in [5.41, 5.74) is 2.69. The lowest BCUT2D eigenvalue weighted by atomic mass is 10.1. The van der Waals surface area contributed by atoms with Crippen molar-refractivity contribution in [2.75, 3.05) is 13.2 Å². The minimum Gasteiger partial charge on any atom is -0.484 e. The lowest BCUT2D eigenvalue weighted by Crippen LogP contribution is -2.49. The number of benzene rings is 2. The average Bonchev–Trinajstić information content (AvgIpc) is 2.71. The summed E-state index contributed by atoms with van der Waals surface area (Å²) in [4.78, 5) is 27.3. The zero-order chi connectivity index (χ0) is 23.0. The molecule has 31 heavy (non-hydrogen) atoms. The van der Waals surface area contributed by atoms with Crippen LogP contribution in [0.1, 0.15) is 43.4 Å². The molecule has 0 unspecified atom stereocenters. The fourth-order valence-corrected chi connectivity index (χ4v) is 3.73. The van der Waals surface area contributed by atoms with Gasteiger partial charge in [0.1, 0.15) is 11.8 Å². The van der Waals surface area contributed by atoms with E-state index in [1.54, 1.807) is 25.1 Å². The van der Waals surface area contributed by atoms with E-state index in [9.17, 15) is 9.59 Å². The molecule has 1 N–H and O–H groups in total. The Labute approximate surface area is 194 Å². The Balaban J connectivity index is 2.20. The van der Waals surface area contributed by atoms with Gasteiger partial charge in [0.2, 0.25) is 5.91 Å². The molecule has 0 spiro atoms. The van der Waals surface area contributed by atoms with E-state index < -0.39 is 6.04 Å². The van der Waals surface area contributed by atoms with Crippen LogP contribution in [0.3, 0.4) is 0 Å². The van der Waals surface area contributed by atoms with E-state index in [0.29, 0.717) is 27.9 Å². The van der Waals surface area contributed by atoms with Crippen LogP contribution in [0.25, 0.3) is 0 Å². The molecule has 0 aliphatic carbocycles. The summed E-state index contributed by atoms with van der Waals surface area (Å²) in [6.45, 7) is 8.16. The summed E-state index contributed by atoms with van der Waals surface area (Å²) < 4.78 is 5.75. The predicted octanol–water partition coefficient (Wildman–Crippen LogP) is 5.32. The molecule has 168 valence electrons. The molecule has 2 aromatic rings. The second kappa shape index (κ2) is 12.0. The molecule has 5 nitrogen and oxygen atoms in total. The van der Waals surface area contributed by atoms with Crippen molar-refractivity contribution in [3.8, 4) is 5.75 Å². The number of carbonyl (C=O) groups excluding carboxylic acids is 2. The average molecular weight is 465 g/mol. The van der Waals surface area contributed by atoms with Gasteiger partial charge in [-0.25, -0.2) is 0 Å². The van der Waals surface area contributed by atoms with Crippen LogP contribution < -0.4 is 10.1 Å². The molecule has 0 aliphatic rings. The van der Waals surface area contributed by atoms with Crippen LogP contribution in [-0.4, -0.2) is 35.9 Å². The van der Waals surface area contributed by atoms with Gasteiger partial charge in [-0.1, -0.05) is 48.7 Å². The summed E-state index contributed by atoms with van der Waals surface area (Å²) >= 11 is 12.6. The van der Waals surface area contributed by atoms with Crippen molar-refractivity contribution < 1.29 is 14.3 Å². The van der Waals surface area contributed by atoms with Crippen molar-refractivity contribution in [3.63, 3.8) is 0 Å². The smallest absolute Gasteiger partial charge is 0.261 e. The number of hydrogen-bond acceptors (Lipinski definition) is 3. The number of aryl methyl sites for hydroxylation is 2. The summed E-state index contributed by atoms with van der Waals surface area (Å²) in [5.74, 6) is 0.0614. The molecule has 0 heterocycles. The molecule has 0 saturated carbocycles. The number of nitrogens with zero attached hydrogens (tertiary/aromatic N) is 1. The van der Waals surface area contributed by atoms with E-state index in [2.05, 4.69) is 12.2 Å². The Kier molecular flexibility index (Phi) is 9.66. The fourth-order valence-electron chi connectivity index (χ4n) is 3.22. The molecule has 0 radical (unpaired) electrons. The minimum atomic E-state index is -0.709. The van der Waals surface area contributed by atoms with Gasteiger partial charge in [-0.3, -0.25) is 9.59 Å². The van der Waals surface area contributed by atoms with E-state index in [-0.39, 0.29) is 25.0 Å². The highest BCUT2D eigenvalue weighted by Gasteiger charge is 2.27. The van der Waals surface area contributed by atoms with Gasteiger partial charge < -0.3 is 15.0 Å². The summed E-state index contributed by atoms with van der Waals surface area (Å²) in [6.07, 6.45) is 1.84. The number of nitrogens with one attached hydrogen (secondary N) is 1. The highest BCUT2D eigenvalue weighted by molar-refractivity contribution is 6.36. The van der Waals surface area contributed by atoms with Crippen molar-refractivity contribution in [3.05, 3.63) is 63.1 Å². The molecule has 0 aliphatic heterocycles. The van der Waals surface area contributed by atoms with Crippen molar-refractivity contribution >= 4 is 35.0 Å². The Morgan fingerprint density at radius 3 is 2.29 bits per heavy atom. The Hall–Kier alpha value is -2.24. The zero-order valence-corrected chi connectivity index (χ0v) is 20.0. The van der Waals surface area contributed by atoms with Crippen molar-refractivity contribution in [2.45, 2.75) is 53.1 Å². The van der Waals surface area contributed by atoms with Crippen LogP contribution in [0, 0.1) is 13.8 Å². The Bertz CT molecular complexity index is 877. The van der Waals surface area contributed by atoms with E-state index in [4.69, 9.17) is 27.9 Å². The lowest BCUT2D eigenvalue weighted by Gasteiger charge is -2.29. The quantitative estimate of drug-likeness (QED) is 0.483. The molecule has 2 aromatic carbocycles. The monoisotopic (exact) mass is 464 g/mol. The summed E-state index contributed by atoms with van der Waals surface area (Å²) in [7, 11) is 0. The molecule has 0 aromatic heterocycles. The van der Waals surface area contributed by atoms with Crippen LogP contribution >= 0.6 is 23.2 Å². The maximum absolute atomic E-state index is 13.1. The number of amides is 2. The molecule has 1 atom stereocenters. The first kappa shape index (κ1) is 25.0. The third kappa shape index (κ3) is 7.44. The molecular formula is C24H30Cl2N2O3. The molecule has 2 rings (SSSR count). The van der Waals surface area contributed by atoms with Gasteiger partial charge in [0, 0.05) is 28.7 Å². The number of ether oxygens (including phenoxy) is 1. The van der Waals surface area contributed by atoms with Crippen LogP contribution in [0.5, 0.6) is 5.75 Å². The summed E-state index contributed by atoms with van der Waals surface area (Å²) in [5, 5.41) is 3.77. The maximum Gasteiger partial charge on any atom is 0.261 e. The molecular weight excluding hydrogens is 435 g/mol. The molecule has 0 bridgehead atoms. The Morgan fingerprint density at radius 2 is 1.71 bits per heavy atom. The van der Waals surface area contributed by atoms with Crippen molar-refractivity contribution in [1.29, 1.82) is 0 Å². The van der Waals surface area contributed by atoms with Gasteiger partial charge in [-0.15, -0.1) is 0 Å². The van der Waals surface area contributed by atoms with Crippen LogP contribution in [0.15, 0.2) is 36.4 Å². The number of hydrogen-bond donors (Lipinski definition) is 1. The highest BCUT2D eigenvalue weighted by atomic mass is 35.5. The summed E-state index contributed by atoms with van der Waals surface area (Å²) in [6, 6.07) is 10.2. The van der Waals surface area contributed by atoms with E-state index in [1.165, 1.54) is 4.90 Å². The van der Waals surface area contributed by atoms with E-state index >= 15 is 0 Å². The van der Waals surface area contributed by atoms with Gasteiger partial charge >= 0.3 is 0 Å². The van der Waals surface area contributed by atoms with Crippen LogP contribution in [0.4, 0.5) is 0 Å². The number of carbonyl (C=O) groups is 2. The van der Waals surface area contributed by atoms with Gasteiger partial charge in [-0.2, -0.15) is 0 Å². The van der Waals surface area contributed by atoms with E-state index in [0.717, 1.165) is 24.0 Å². The topological polar surface area (TPSA) is 58.6 Å². The number of halogens is 2. The molecule has 0 fully saturated rings. The van der Waals surface area contributed by atoms with Gasteiger partial charge in [0.05, 0.1) is 0 Å². The first-order valence-electron chi connectivity index (χ1n) is 10.4. The molecule has 2 amide bonds. The minimum absolute atomic E-state index is 0.107. The standard InChI is InChI=1S/C24H30Cl2N2O3/c1-5-6-10-27-24(30)18(4)28(14-20-21(25)8-7-9-22(20)26)23(29)15-31-19-12-16(2)11-17(3)13-19/h7-9,11-13,18H,5-6,10,14-15H2,1-4H3,(H,27,30)/t18-/m0/s1. The largest absolute Gasteiger partial charge is 0.484 e. The first-order chi connectivity index (χ1) is 14.7. The maximum atomic E-state index is 13.1. The van der Waals surface area contributed by atoms with Gasteiger partial charge in [0.15, 0.2) is 6.61 Å². The van der Waals surface area contributed by atoms with E-state index in [1.807, 2.05) is 32.0 Å². The SMILES string of the molecule is CCCCNC(=O)[C@H](C)N(Cc1c(Cl)cccc1Cl)C(=O)COc1cc(C)cc(C)c1. The third-order valence-electron chi connectivity index (χ3n) is 4.94. The number of unbranched alkanes of at least 4 members (excludes halogenated alkanes) is 1. The van der Waals surface area contributed by atoms with Gasteiger partial charge in [-0.05, 0) is 62.6 Å². The second-order valence-corrected chi connectivity index (χ2v) is 8.47. The zero-order valence-electron chi connectivity index (χ0n) is 18.5. The molecule has 0 saturated heterocycles. The van der Waals surface area contributed by atoms with Crippen LogP contribution in [0.2, 0.25) is 10.0 Å². The van der Waals surface area contributed by atoms with Gasteiger partial charge in [0.25, 0.3) is 5.91 Å². The van der Waals surface area contributed by atoms with Crippen molar-refractivity contribution in [2.24, 2.45) is 0 Å². The van der Waals surface area contributed by atoms with Crippen molar-refractivity contribution in [1.82, 2.24) is 10.2 Å².